The molecule has 0 heterocycles. The van der Waals surface area contributed by atoms with Crippen molar-refractivity contribution in [2.45, 2.75) is 168 Å². The van der Waals surface area contributed by atoms with E-state index in [0.717, 1.165) is 13.2 Å². The first kappa shape index (κ1) is 35.6. The molecule has 0 aromatic heterocycles. The first-order valence-corrected chi connectivity index (χ1v) is 18.1. The Morgan fingerprint density at radius 1 is 0.341 bits per heavy atom. The van der Waals surface area contributed by atoms with Gasteiger partial charge in [-0.1, -0.05) is 152 Å². The molecule has 0 saturated carbocycles. The Hall–Kier alpha value is -1.60. The molecule has 0 saturated heterocycles. The number of benzene rings is 2. The number of unbranched alkanes of at least 4 members (excludes halogenated alkanes) is 16. The van der Waals surface area contributed by atoms with Gasteiger partial charge in [0.05, 0.1) is 0 Å². The van der Waals surface area contributed by atoms with E-state index in [2.05, 4.69) is 62.4 Å². The summed E-state index contributed by atoms with van der Waals surface area (Å²) in [4.78, 5) is 0. The quantitative estimate of drug-likeness (QED) is 0.0937. The Morgan fingerprint density at radius 3 is 0.927 bits per heavy atom. The molecule has 1 nitrogen and oxygen atoms in total. The minimum absolute atomic E-state index is 0.971. The Balaban J connectivity index is 1.28. The number of rotatable bonds is 28. The van der Waals surface area contributed by atoms with Crippen LogP contribution in [0.5, 0.6) is 0 Å². The molecular formula is C40H66O. The van der Waals surface area contributed by atoms with Gasteiger partial charge in [0.1, 0.15) is 0 Å². The van der Waals surface area contributed by atoms with Crippen LogP contribution in [0.2, 0.25) is 0 Å². The predicted octanol–water partition coefficient (Wildman–Crippen LogP) is 12.4. The zero-order chi connectivity index (χ0) is 29.1. The van der Waals surface area contributed by atoms with E-state index in [-0.39, 0.29) is 0 Å². The molecule has 2 rings (SSSR count). The molecule has 232 valence electrons. The van der Waals surface area contributed by atoms with Gasteiger partial charge in [-0.25, -0.2) is 0 Å². The van der Waals surface area contributed by atoms with Gasteiger partial charge in [-0.15, -0.1) is 0 Å². The van der Waals surface area contributed by atoms with Crippen LogP contribution in [0, 0.1) is 0 Å². The summed E-state index contributed by atoms with van der Waals surface area (Å²) in [6, 6.07) is 18.2. The minimum atomic E-state index is 0.971. The van der Waals surface area contributed by atoms with Gasteiger partial charge < -0.3 is 4.74 Å². The maximum Gasteiger partial charge on any atom is 0.0466 e. The fourth-order valence-corrected chi connectivity index (χ4v) is 6.09. The third-order valence-corrected chi connectivity index (χ3v) is 8.81. The molecule has 0 spiro atoms. The van der Waals surface area contributed by atoms with E-state index in [4.69, 9.17) is 4.74 Å². The zero-order valence-corrected chi connectivity index (χ0v) is 27.4. The van der Waals surface area contributed by atoms with Gasteiger partial charge in [-0.05, 0) is 86.5 Å². The van der Waals surface area contributed by atoms with Gasteiger partial charge in [-0.3, -0.25) is 0 Å². The Morgan fingerprint density at radius 2 is 0.610 bits per heavy atom. The van der Waals surface area contributed by atoms with Crippen molar-refractivity contribution in [3.8, 4) is 0 Å². The van der Waals surface area contributed by atoms with Crippen LogP contribution in [0.4, 0.5) is 0 Å². The van der Waals surface area contributed by atoms with E-state index < -0.39 is 0 Å². The molecule has 0 bridgehead atoms. The molecular weight excluding hydrogens is 496 g/mol. The molecule has 0 aliphatic carbocycles. The van der Waals surface area contributed by atoms with Crippen LogP contribution in [0.3, 0.4) is 0 Å². The molecule has 41 heavy (non-hydrogen) atoms. The van der Waals surface area contributed by atoms with Crippen molar-refractivity contribution >= 4 is 0 Å². The molecule has 2 aromatic rings. The van der Waals surface area contributed by atoms with E-state index in [0.29, 0.717) is 0 Å². The monoisotopic (exact) mass is 563 g/mol. The summed E-state index contributed by atoms with van der Waals surface area (Å²) in [5.74, 6) is 0. The van der Waals surface area contributed by atoms with Gasteiger partial charge in [-0.2, -0.15) is 0 Å². The molecule has 0 N–H and O–H groups in total. The number of hydrogen-bond acceptors (Lipinski definition) is 1. The van der Waals surface area contributed by atoms with E-state index in [1.807, 2.05) is 0 Å². The molecule has 0 fully saturated rings. The number of hydrogen-bond donors (Lipinski definition) is 0. The highest BCUT2D eigenvalue weighted by Crippen LogP contribution is 2.18. The van der Waals surface area contributed by atoms with E-state index in [9.17, 15) is 0 Å². The van der Waals surface area contributed by atoms with Crippen LogP contribution >= 0.6 is 0 Å². The zero-order valence-electron chi connectivity index (χ0n) is 27.4. The summed E-state index contributed by atoms with van der Waals surface area (Å²) in [5.41, 5.74) is 6.38. The van der Waals surface area contributed by atoms with Gasteiger partial charge >= 0.3 is 0 Å². The van der Waals surface area contributed by atoms with Crippen molar-refractivity contribution in [2.24, 2.45) is 0 Å². The summed E-state index contributed by atoms with van der Waals surface area (Å²) in [5, 5.41) is 0. The standard InChI is InChI=1S/C40H66O/c1-3-5-27-37-31-21-23-33-39(37)29-19-15-11-7-9-13-17-25-35-41-36-26-18-14-10-8-12-16-20-30-40-34-24-22-32-38(40)28-6-4-2/h21-24,31-34H,3-20,25-30,35-36H2,1-2H3. The maximum absolute atomic E-state index is 5.91. The van der Waals surface area contributed by atoms with Crippen LogP contribution in [0.1, 0.15) is 165 Å². The van der Waals surface area contributed by atoms with Crippen LogP contribution in [-0.4, -0.2) is 13.2 Å². The molecule has 0 unspecified atom stereocenters. The lowest BCUT2D eigenvalue weighted by Crippen LogP contribution is -1.97. The topological polar surface area (TPSA) is 9.23 Å². The Labute approximate surface area is 256 Å². The smallest absolute Gasteiger partial charge is 0.0466 e. The summed E-state index contributed by atoms with van der Waals surface area (Å²) in [6.07, 6.45) is 32.1. The Bertz CT molecular complexity index is 771. The number of aryl methyl sites for hydroxylation is 4. The lowest BCUT2D eigenvalue weighted by Gasteiger charge is -2.09. The third-order valence-electron chi connectivity index (χ3n) is 8.81. The lowest BCUT2D eigenvalue weighted by atomic mass is 9.97. The second kappa shape index (κ2) is 26.1. The second-order valence-electron chi connectivity index (χ2n) is 12.5. The molecule has 0 amide bonds. The minimum Gasteiger partial charge on any atom is -0.381 e. The van der Waals surface area contributed by atoms with Crippen molar-refractivity contribution in [2.75, 3.05) is 13.2 Å². The summed E-state index contributed by atoms with van der Waals surface area (Å²) in [7, 11) is 0. The largest absolute Gasteiger partial charge is 0.381 e. The van der Waals surface area contributed by atoms with Crippen molar-refractivity contribution in [3.63, 3.8) is 0 Å². The molecule has 0 aliphatic heterocycles. The maximum atomic E-state index is 5.91. The first-order chi connectivity index (χ1) is 20.3. The number of ether oxygens (including phenoxy) is 1. The lowest BCUT2D eigenvalue weighted by molar-refractivity contribution is 0.125. The molecule has 0 atom stereocenters. The van der Waals surface area contributed by atoms with Crippen molar-refractivity contribution in [1.29, 1.82) is 0 Å². The fraction of sp³-hybridized carbons (Fsp3) is 0.700. The van der Waals surface area contributed by atoms with Gasteiger partial charge in [0.2, 0.25) is 0 Å². The van der Waals surface area contributed by atoms with Crippen molar-refractivity contribution in [1.82, 2.24) is 0 Å². The van der Waals surface area contributed by atoms with Crippen molar-refractivity contribution in [3.05, 3.63) is 70.8 Å². The molecule has 2 aromatic carbocycles. The normalized spacial score (nSPS) is 11.4. The fourth-order valence-electron chi connectivity index (χ4n) is 6.09. The molecule has 1 heteroatoms. The average Bonchev–Trinajstić information content (AvgIpc) is 3.00. The van der Waals surface area contributed by atoms with Gasteiger partial charge in [0.25, 0.3) is 0 Å². The summed E-state index contributed by atoms with van der Waals surface area (Å²) in [6.45, 7) is 6.52. The average molecular weight is 563 g/mol. The van der Waals surface area contributed by atoms with Gasteiger partial charge in [0, 0.05) is 13.2 Å². The predicted molar refractivity (Wildman–Crippen MR) is 182 cm³/mol. The second-order valence-corrected chi connectivity index (χ2v) is 12.5. The van der Waals surface area contributed by atoms with Crippen LogP contribution < -0.4 is 0 Å². The summed E-state index contributed by atoms with van der Waals surface area (Å²) >= 11 is 0. The van der Waals surface area contributed by atoms with Crippen molar-refractivity contribution < 1.29 is 4.74 Å². The van der Waals surface area contributed by atoms with E-state index in [1.165, 1.54) is 154 Å². The van der Waals surface area contributed by atoms with Crippen LogP contribution in [-0.2, 0) is 30.4 Å². The highest BCUT2D eigenvalue weighted by atomic mass is 16.5. The summed E-state index contributed by atoms with van der Waals surface area (Å²) < 4.78 is 5.91. The SMILES string of the molecule is CCCCc1ccccc1CCCCCCCCCCOCCCCCCCCCCc1ccccc1CCCC. The first-order valence-electron chi connectivity index (χ1n) is 18.1. The highest BCUT2D eigenvalue weighted by Gasteiger charge is 2.03. The van der Waals surface area contributed by atoms with E-state index >= 15 is 0 Å². The Kier molecular flexibility index (Phi) is 22.6. The van der Waals surface area contributed by atoms with E-state index in [1.54, 1.807) is 22.3 Å². The molecule has 0 aliphatic rings. The third kappa shape index (κ3) is 18.5. The van der Waals surface area contributed by atoms with Gasteiger partial charge in [0.15, 0.2) is 0 Å². The van der Waals surface area contributed by atoms with Crippen LogP contribution in [0.25, 0.3) is 0 Å². The highest BCUT2D eigenvalue weighted by molar-refractivity contribution is 5.28. The van der Waals surface area contributed by atoms with Crippen LogP contribution in [0.15, 0.2) is 48.5 Å². The molecule has 0 radical (unpaired) electrons.